The number of aromatic nitrogens is 2. The van der Waals surface area contributed by atoms with Crippen molar-refractivity contribution in [3.8, 4) is 0 Å². The molecule has 3 unspecified atom stereocenters. The van der Waals surface area contributed by atoms with E-state index >= 15 is 0 Å². The van der Waals surface area contributed by atoms with Gasteiger partial charge in [0.25, 0.3) is 0 Å². The summed E-state index contributed by atoms with van der Waals surface area (Å²) in [7, 11) is 2.22. The summed E-state index contributed by atoms with van der Waals surface area (Å²) in [6.07, 6.45) is 4.67. The van der Waals surface area contributed by atoms with E-state index in [-0.39, 0.29) is 0 Å². The molecule has 0 radical (unpaired) electrons. The number of rotatable bonds is 5. The predicted molar refractivity (Wildman–Crippen MR) is 100 cm³/mol. The first kappa shape index (κ1) is 18.6. The fourth-order valence-electron chi connectivity index (χ4n) is 4.44. The first-order chi connectivity index (χ1) is 11.9. The molecule has 0 N–H and O–H groups in total. The fraction of sp³-hybridized carbons (Fsp3) is 0.800. The number of hydrogen-bond donors (Lipinski definition) is 0. The highest BCUT2D eigenvalue weighted by Gasteiger charge is 2.33. The normalized spacial score (nSPS) is 29.2. The first-order valence-electron chi connectivity index (χ1n) is 9.80. The van der Waals surface area contributed by atoms with Gasteiger partial charge < -0.3 is 14.2 Å². The maximum Gasteiger partial charge on any atom is 0.217 e. The fourth-order valence-corrected chi connectivity index (χ4v) is 4.44. The van der Waals surface area contributed by atoms with Gasteiger partial charge >= 0.3 is 0 Å². The third-order valence-electron chi connectivity index (χ3n) is 6.14. The van der Waals surface area contributed by atoms with Crippen LogP contribution in [0.5, 0.6) is 0 Å². The molecule has 0 amide bonds. The summed E-state index contributed by atoms with van der Waals surface area (Å²) in [5, 5.41) is 8.19. The highest BCUT2D eigenvalue weighted by molar-refractivity contribution is 5.14. The van der Waals surface area contributed by atoms with Gasteiger partial charge in [0.15, 0.2) is 0 Å². The second kappa shape index (κ2) is 8.00. The lowest BCUT2D eigenvalue weighted by molar-refractivity contribution is 0.112. The zero-order valence-corrected chi connectivity index (χ0v) is 16.5. The molecule has 1 aromatic rings. The summed E-state index contributed by atoms with van der Waals surface area (Å²) >= 11 is 0. The van der Waals surface area contributed by atoms with Crippen molar-refractivity contribution in [2.45, 2.75) is 40.5 Å². The second-order valence-corrected chi connectivity index (χ2v) is 8.44. The van der Waals surface area contributed by atoms with Crippen molar-refractivity contribution in [1.82, 2.24) is 20.0 Å². The Kier molecular flexibility index (Phi) is 5.95. The van der Waals surface area contributed by atoms with Crippen molar-refractivity contribution in [1.29, 1.82) is 0 Å². The van der Waals surface area contributed by atoms with E-state index < -0.39 is 0 Å². The molecule has 1 aromatic heterocycles. The van der Waals surface area contributed by atoms with Crippen molar-refractivity contribution in [3.05, 3.63) is 23.4 Å². The van der Waals surface area contributed by atoms with Crippen molar-refractivity contribution in [2.24, 2.45) is 23.7 Å². The molecule has 2 heterocycles. The lowest BCUT2D eigenvalue weighted by Gasteiger charge is -2.41. The molecule has 3 rings (SSSR count). The zero-order chi connectivity index (χ0) is 18.0. The maximum absolute atomic E-state index is 5.63. The Labute approximate surface area is 152 Å². The Hall–Kier alpha value is -1.20. The summed E-state index contributed by atoms with van der Waals surface area (Å²) in [5.41, 5.74) is 1.51. The van der Waals surface area contributed by atoms with Gasteiger partial charge in [-0.15, -0.1) is 10.2 Å². The number of hydrogen-bond acceptors (Lipinski definition) is 5. The van der Waals surface area contributed by atoms with Crippen LogP contribution in [0.4, 0.5) is 0 Å². The van der Waals surface area contributed by atoms with Crippen LogP contribution in [0, 0.1) is 30.6 Å². The Morgan fingerprint density at radius 2 is 1.88 bits per heavy atom. The predicted octanol–water partition coefficient (Wildman–Crippen LogP) is 3.02. The summed E-state index contributed by atoms with van der Waals surface area (Å²) in [5.74, 6) is 4.10. The van der Waals surface area contributed by atoms with Crippen LogP contribution in [0.3, 0.4) is 0 Å². The van der Waals surface area contributed by atoms with Crippen molar-refractivity contribution >= 4 is 0 Å². The Bertz CT molecular complexity index is 586. The number of aryl methyl sites for hydroxylation is 1. The molecule has 5 nitrogen and oxygen atoms in total. The van der Waals surface area contributed by atoms with Crippen LogP contribution in [0.15, 0.2) is 16.1 Å². The van der Waals surface area contributed by atoms with Gasteiger partial charge in [-0.1, -0.05) is 25.5 Å². The first-order valence-corrected chi connectivity index (χ1v) is 9.80. The zero-order valence-electron chi connectivity index (χ0n) is 16.5. The van der Waals surface area contributed by atoms with Crippen LogP contribution in [-0.4, -0.2) is 59.8 Å². The van der Waals surface area contributed by atoms with Crippen LogP contribution >= 0.6 is 0 Å². The molecule has 1 aliphatic carbocycles. The molecule has 25 heavy (non-hydrogen) atoms. The highest BCUT2D eigenvalue weighted by atomic mass is 16.4. The van der Waals surface area contributed by atoms with Crippen LogP contribution in [0.2, 0.25) is 0 Å². The summed E-state index contributed by atoms with van der Waals surface area (Å²) in [6, 6.07) is 0. The van der Waals surface area contributed by atoms with Gasteiger partial charge in [0.05, 0.1) is 0 Å². The average molecular weight is 347 g/mol. The number of likely N-dealkylation sites (N-methyl/N-ethyl adjacent to an activating group) is 1. The van der Waals surface area contributed by atoms with Crippen LogP contribution in [0.1, 0.15) is 39.0 Å². The summed E-state index contributed by atoms with van der Waals surface area (Å²) < 4.78 is 5.63. The molecule has 1 saturated heterocycles. The number of nitrogens with zero attached hydrogens (tertiary/aromatic N) is 4. The smallest absolute Gasteiger partial charge is 0.217 e. The monoisotopic (exact) mass is 346 g/mol. The standard InChI is InChI=1S/C20H34N4O/c1-14(2)19-11-17(12-20-22-21-16(4)25-20)15(3)10-18(19)13-24-8-6-23(5)7-9-24/h10,14,17-19H,6-9,11-13H2,1-5H3. The van der Waals surface area contributed by atoms with Crippen LogP contribution < -0.4 is 0 Å². The minimum absolute atomic E-state index is 0.538. The van der Waals surface area contributed by atoms with E-state index in [2.05, 4.69) is 53.9 Å². The molecule has 3 atom stereocenters. The highest BCUT2D eigenvalue weighted by Crippen LogP contribution is 2.39. The van der Waals surface area contributed by atoms with E-state index in [1.165, 1.54) is 44.7 Å². The molecular weight excluding hydrogens is 312 g/mol. The molecule has 0 spiro atoms. The van der Waals surface area contributed by atoms with Crippen molar-refractivity contribution < 1.29 is 4.42 Å². The SMILES string of the molecule is CC1=CC(CN2CCN(C)CC2)C(C(C)C)CC1Cc1nnc(C)o1. The van der Waals surface area contributed by atoms with Crippen LogP contribution in [-0.2, 0) is 6.42 Å². The lowest BCUT2D eigenvalue weighted by Crippen LogP contribution is -2.47. The summed E-state index contributed by atoms with van der Waals surface area (Å²) in [6.45, 7) is 14.9. The molecule has 5 heteroatoms. The Morgan fingerprint density at radius 3 is 2.48 bits per heavy atom. The van der Waals surface area contributed by atoms with Gasteiger partial charge in [0.1, 0.15) is 0 Å². The molecule has 1 fully saturated rings. The number of allylic oxidation sites excluding steroid dienone is 1. The number of piperazine rings is 1. The van der Waals surface area contributed by atoms with E-state index in [1.54, 1.807) is 0 Å². The topological polar surface area (TPSA) is 45.4 Å². The van der Waals surface area contributed by atoms with E-state index in [0.717, 1.165) is 18.2 Å². The van der Waals surface area contributed by atoms with E-state index in [4.69, 9.17) is 4.42 Å². The molecular formula is C20H34N4O. The van der Waals surface area contributed by atoms with Gasteiger partial charge in [-0.05, 0) is 44.1 Å². The quantitative estimate of drug-likeness (QED) is 0.767. The molecule has 2 aliphatic rings. The average Bonchev–Trinajstić information content (AvgIpc) is 2.97. The third-order valence-corrected chi connectivity index (χ3v) is 6.14. The van der Waals surface area contributed by atoms with Crippen LogP contribution in [0.25, 0.3) is 0 Å². The van der Waals surface area contributed by atoms with E-state index in [1.807, 2.05) is 6.92 Å². The molecule has 0 aromatic carbocycles. The largest absolute Gasteiger partial charge is 0.426 e. The van der Waals surface area contributed by atoms with E-state index in [9.17, 15) is 0 Å². The third kappa shape index (κ3) is 4.70. The summed E-state index contributed by atoms with van der Waals surface area (Å²) in [4.78, 5) is 5.09. The Morgan fingerprint density at radius 1 is 1.16 bits per heavy atom. The van der Waals surface area contributed by atoms with Crippen molar-refractivity contribution in [2.75, 3.05) is 39.8 Å². The minimum Gasteiger partial charge on any atom is -0.426 e. The van der Waals surface area contributed by atoms with Gasteiger partial charge in [-0.3, -0.25) is 0 Å². The molecule has 1 aliphatic heterocycles. The second-order valence-electron chi connectivity index (χ2n) is 8.44. The molecule has 140 valence electrons. The molecule has 0 bridgehead atoms. The minimum atomic E-state index is 0.538. The van der Waals surface area contributed by atoms with Gasteiger partial charge in [-0.2, -0.15) is 0 Å². The van der Waals surface area contributed by atoms with Gasteiger partial charge in [0, 0.05) is 46.1 Å². The lowest BCUT2D eigenvalue weighted by atomic mass is 9.69. The molecule has 0 saturated carbocycles. The maximum atomic E-state index is 5.63. The Balaban J connectivity index is 1.68. The van der Waals surface area contributed by atoms with Gasteiger partial charge in [-0.25, -0.2) is 0 Å². The van der Waals surface area contributed by atoms with E-state index in [0.29, 0.717) is 23.6 Å². The van der Waals surface area contributed by atoms with Gasteiger partial charge in [0.2, 0.25) is 11.8 Å². The van der Waals surface area contributed by atoms with Crippen molar-refractivity contribution in [3.63, 3.8) is 0 Å².